The van der Waals surface area contributed by atoms with E-state index in [1.165, 1.54) is 11.1 Å². The zero-order valence-corrected chi connectivity index (χ0v) is 10.0. The van der Waals surface area contributed by atoms with Gasteiger partial charge in [-0.2, -0.15) is 0 Å². The number of fused-ring (bicyclic) bond motifs is 1. The average Bonchev–Trinajstić information content (AvgIpc) is 2.77. The smallest absolute Gasteiger partial charge is 0.0945 e. The third kappa shape index (κ3) is 1.72. The zero-order valence-electron chi connectivity index (χ0n) is 10.0. The fourth-order valence-corrected chi connectivity index (χ4v) is 2.09. The van der Waals surface area contributed by atoms with E-state index < -0.39 is 0 Å². The van der Waals surface area contributed by atoms with Crippen molar-refractivity contribution in [2.75, 3.05) is 0 Å². The van der Waals surface area contributed by atoms with Crippen LogP contribution in [0.3, 0.4) is 0 Å². The van der Waals surface area contributed by atoms with Crippen molar-refractivity contribution in [1.82, 2.24) is 9.38 Å². The van der Waals surface area contributed by atoms with Crippen molar-refractivity contribution in [2.45, 2.75) is 13.8 Å². The van der Waals surface area contributed by atoms with Crippen molar-refractivity contribution in [3.63, 3.8) is 0 Å². The molecule has 0 N–H and O–H groups in total. The summed E-state index contributed by atoms with van der Waals surface area (Å²) in [7, 11) is 0. The largest absolute Gasteiger partial charge is 0.320 e. The summed E-state index contributed by atoms with van der Waals surface area (Å²) in [4.78, 5) is 4.65. The molecule has 1 aromatic carbocycles. The Morgan fingerprint density at radius 2 is 1.76 bits per heavy atom. The maximum Gasteiger partial charge on any atom is 0.0945 e. The van der Waals surface area contributed by atoms with E-state index in [1.807, 2.05) is 19.2 Å². The van der Waals surface area contributed by atoms with Gasteiger partial charge in [0.05, 0.1) is 16.9 Å². The molecule has 0 bridgehead atoms. The Bertz CT molecular complexity index is 663. The molecule has 0 fully saturated rings. The maximum atomic E-state index is 4.65. The van der Waals surface area contributed by atoms with E-state index in [4.69, 9.17) is 0 Å². The Morgan fingerprint density at radius 3 is 2.53 bits per heavy atom. The molecule has 0 atom stereocenters. The Hall–Kier alpha value is -2.09. The van der Waals surface area contributed by atoms with Gasteiger partial charge in [0, 0.05) is 18.0 Å². The average molecular weight is 222 g/mol. The van der Waals surface area contributed by atoms with Crippen LogP contribution in [0.1, 0.15) is 11.3 Å². The van der Waals surface area contributed by atoms with Crippen LogP contribution in [0.25, 0.3) is 16.8 Å². The van der Waals surface area contributed by atoms with Crippen LogP contribution in [0.15, 0.2) is 48.8 Å². The second kappa shape index (κ2) is 3.74. The van der Waals surface area contributed by atoms with Crippen LogP contribution >= 0.6 is 0 Å². The molecular weight excluding hydrogens is 208 g/mol. The molecule has 0 aliphatic carbocycles. The Kier molecular flexibility index (Phi) is 2.22. The van der Waals surface area contributed by atoms with Gasteiger partial charge in [-0.25, -0.2) is 4.98 Å². The second-order valence-electron chi connectivity index (χ2n) is 4.40. The maximum absolute atomic E-state index is 4.65. The van der Waals surface area contributed by atoms with Gasteiger partial charge in [0.1, 0.15) is 0 Å². The highest BCUT2D eigenvalue weighted by atomic mass is 14.9. The third-order valence-corrected chi connectivity index (χ3v) is 2.96. The van der Waals surface area contributed by atoms with Gasteiger partial charge in [0.25, 0.3) is 0 Å². The van der Waals surface area contributed by atoms with Crippen molar-refractivity contribution in [3.05, 3.63) is 60.0 Å². The van der Waals surface area contributed by atoms with Crippen molar-refractivity contribution in [1.29, 1.82) is 0 Å². The van der Waals surface area contributed by atoms with E-state index in [-0.39, 0.29) is 0 Å². The fraction of sp³-hybridized carbons (Fsp3) is 0.133. The van der Waals surface area contributed by atoms with Gasteiger partial charge in [0.2, 0.25) is 0 Å². The highest BCUT2D eigenvalue weighted by molar-refractivity contribution is 5.77. The number of aryl methyl sites for hydroxylation is 2. The fourth-order valence-electron chi connectivity index (χ4n) is 2.09. The van der Waals surface area contributed by atoms with Gasteiger partial charge in [-0.05, 0) is 26.0 Å². The molecule has 0 radical (unpaired) electrons. The van der Waals surface area contributed by atoms with Crippen LogP contribution in [-0.4, -0.2) is 9.38 Å². The Balaban J connectivity index is 2.28. The van der Waals surface area contributed by atoms with Crippen LogP contribution in [0.2, 0.25) is 0 Å². The molecule has 0 unspecified atom stereocenters. The van der Waals surface area contributed by atoms with Crippen molar-refractivity contribution < 1.29 is 0 Å². The quantitative estimate of drug-likeness (QED) is 0.614. The predicted molar refractivity (Wildman–Crippen MR) is 70.1 cm³/mol. The normalized spacial score (nSPS) is 10.9. The summed E-state index contributed by atoms with van der Waals surface area (Å²) in [6, 6.07) is 12.7. The third-order valence-electron chi connectivity index (χ3n) is 2.96. The summed E-state index contributed by atoms with van der Waals surface area (Å²) in [5.74, 6) is 0. The lowest BCUT2D eigenvalue weighted by Crippen LogP contribution is -1.93. The summed E-state index contributed by atoms with van der Waals surface area (Å²) in [5, 5.41) is 0. The van der Waals surface area contributed by atoms with Crippen LogP contribution in [0, 0.1) is 13.8 Å². The van der Waals surface area contributed by atoms with Gasteiger partial charge >= 0.3 is 0 Å². The molecule has 0 aliphatic heterocycles. The number of hydrogen-bond acceptors (Lipinski definition) is 1. The first-order chi connectivity index (χ1) is 8.24. The highest BCUT2D eigenvalue weighted by Crippen LogP contribution is 2.23. The van der Waals surface area contributed by atoms with E-state index >= 15 is 0 Å². The highest BCUT2D eigenvalue weighted by Gasteiger charge is 2.06. The number of nitrogens with zero attached hydrogens (tertiary/aromatic N) is 2. The molecular formula is C15H14N2. The monoisotopic (exact) mass is 222 g/mol. The van der Waals surface area contributed by atoms with Gasteiger partial charge in [0.15, 0.2) is 0 Å². The molecule has 2 heterocycles. The Morgan fingerprint density at radius 1 is 1.00 bits per heavy atom. The lowest BCUT2D eigenvalue weighted by atomic mass is 10.1. The Labute approximate surface area is 101 Å². The van der Waals surface area contributed by atoms with Crippen molar-refractivity contribution in [3.8, 4) is 11.3 Å². The molecule has 3 rings (SSSR count). The molecule has 0 amide bonds. The SMILES string of the molecule is Cc1ccc(-c2nc(C)cn3cccc23)cc1. The minimum Gasteiger partial charge on any atom is -0.320 e. The molecule has 2 nitrogen and oxygen atoms in total. The second-order valence-corrected chi connectivity index (χ2v) is 4.40. The number of aromatic nitrogens is 2. The topological polar surface area (TPSA) is 17.3 Å². The first-order valence-electron chi connectivity index (χ1n) is 5.75. The summed E-state index contributed by atoms with van der Waals surface area (Å²) < 4.78 is 2.12. The van der Waals surface area contributed by atoms with Crippen molar-refractivity contribution in [2.24, 2.45) is 0 Å². The van der Waals surface area contributed by atoms with E-state index in [2.05, 4.69) is 52.8 Å². The lowest BCUT2D eigenvalue weighted by molar-refractivity contribution is 1.08. The zero-order chi connectivity index (χ0) is 11.8. The first-order valence-corrected chi connectivity index (χ1v) is 5.75. The molecule has 0 spiro atoms. The van der Waals surface area contributed by atoms with Crippen molar-refractivity contribution >= 4 is 5.52 Å². The summed E-state index contributed by atoms with van der Waals surface area (Å²) in [6.45, 7) is 4.12. The van der Waals surface area contributed by atoms with E-state index in [9.17, 15) is 0 Å². The van der Waals surface area contributed by atoms with Crippen LogP contribution < -0.4 is 0 Å². The van der Waals surface area contributed by atoms with Crippen LogP contribution in [0.4, 0.5) is 0 Å². The number of hydrogen-bond donors (Lipinski definition) is 0. The van der Waals surface area contributed by atoms with Crippen LogP contribution in [-0.2, 0) is 0 Å². The van der Waals surface area contributed by atoms with Gasteiger partial charge < -0.3 is 4.40 Å². The first kappa shape index (κ1) is 10.1. The number of rotatable bonds is 1. The number of benzene rings is 1. The van der Waals surface area contributed by atoms with E-state index in [0.29, 0.717) is 0 Å². The standard InChI is InChI=1S/C15H14N2/c1-11-5-7-13(8-6-11)15-14-4-3-9-17(14)10-12(2)16-15/h3-10H,1-2H3. The predicted octanol–water partition coefficient (Wildman–Crippen LogP) is 3.62. The molecule has 2 aromatic heterocycles. The molecule has 17 heavy (non-hydrogen) atoms. The molecule has 0 saturated carbocycles. The molecule has 2 heteroatoms. The minimum atomic E-state index is 1.03. The summed E-state index contributed by atoms with van der Waals surface area (Å²) >= 11 is 0. The van der Waals surface area contributed by atoms with Gasteiger partial charge in [-0.3, -0.25) is 0 Å². The van der Waals surface area contributed by atoms with Crippen LogP contribution in [0.5, 0.6) is 0 Å². The molecule has 3 aromatic rings. The summed E-state index contributed by atoms with van der Waals surface area (Å²) in [5.41, 5.74) is 5.68. The molecule has 0 saturated heterocycles. The molecule has 0 aliphatic rings. The van der Waals surface area contributed by atoms with Gasteiger partial charge in [-0.1, -0.05) is 29.8 Å². The van der Waals surface area contributed by atoms with E-state index in [0.717, 1.165) is 16.9 Å². The summed E-state index contributed by atoms with van der Waals surface area (Å²) in [6.07, 6.45) is 4.11. The molecule has 84 valence electrons. The minimum absolute atomic E-state index is 1.03. The lowest BCUT2D eigenvalue weighted by Gasteiger charge is -2.06. The van der Waals surface area contributed by atoms with Gasteiger partial charge in [-0.15, -0.1) is 0 Å². The van der Waals surface area contributed by atoms with E-state index in [1.54, 1.807) is 0 Å².